The molecule has 0 fully saturated rings. The molecule has 3 aromatic rings. The number of pyridine rings is 1. The maximum Gasteiger partial charge on any atom is 0.357 e. The predicted octanol–water partition coefficient (Wildman–Crippen LogP) is 4.73. The van der Waals surface area contributed by atoms with Crippen molar-refractivity contribution in [3.05, 3.63) is 70.3 Å². The van der Waals surface area contributed by atoms with Crippen LogP contribution in [-0.4, -0.2) is 23.0 Å². The Hall–Kier alpha value is -2.63. The molecule has 0 saturated heterocycles. The molecule has 1 atom stereocenters. The first-order valence-electron chi connectivity index (χ1n) is 7.77. The molecule has 1 unspecified atom stereocenters. The van der Waals surface area contributed by atoms with Crippen LogP contribution in [0.4, 0.5) is 5.69 Å². The van der Waals surface area contributed by atoms with Gasteiger partial charge >= 0.3 is 5.97 Å². The quantitative estimate of drug-likeness (QED) is 0.656. The summed E-state index contributed by atoms with van der Waals surface area (Å²) in [5.74, 6) is -1.19. The van der Waals surface area contributed by atoms with Crippen LogP contribution in [0.2, 0.25) is 10.0 Å². The SMILES string of the molecule is CC(OC(=O)c1ccc2ccccc2n1)C(=O)Nc1ccc(Cl)cc1Cl. The van der Waals surface area contributed by atoms with E-state index < -0.39 is 18.0 Å². The molecule has 1 aromatic heterocycles. The molecule has 7 heteroatoms. The van der Waals surface area contributed by atoms with E-state index in [1.165, 1.54) is 13.0 Å². The molecule has 2 aromatic carbocycles. The van der Waals surface area contributed by atoms with Crippen LogP contribution in [-0.2, 0) is 9.53 Å². The number of amides is 1. The zero-order valence-corrected chi connectivity index (χ0v) is 15.2. The molecular formula is C19H14Cl2N2O3. The average molecular weight is 389 g/mol. The first-order chi connectivity index (χ1) is 12.4. The Balaban J connectivity index is 1.68. The lowest BCUT2D eigenvalue weighted by Crippen LogP contribution is -2.30. The fourth-order valence-corrected chi connectivity index (χ4v) is 2.74. The fraction of sp³-hybridized carbons (Fsp3) is 0.105. The zero-order valence-electron chi connectivity index (χ0n) is 13.7. The number of ether oxygens (including phenoxy) is 1. The summed E-state index contributed by atoms with van der Waals surface area (Å²) in [7, 11) is 0. The number of fused-ring (bicyclic) bond motifs is 1. The van der Waals surface area contributed by atoms with Crippen molar-refractivity contribution in [2.45, 2.75) is 13.0 Å². The number of para-hydroxylation sites is 1. The maximum absolute atomic E-state index is 12.3. The predicted molar refractivity (Wildman–Crippen MR) is 102 cm³/mol. The van der Waals surface area contributed by atoms with Crippen LogP contribution in [0.5, 0.6) is 0 Å². The van der Waals surface area contributed by atoms with E-state index in [9.17, 15) is 9.59 Å². The van der Waals surface area contributed by atoms with Gasteiger partial charge in [0.15, 0.2) is 6.10 Å². The molecule has 132 valence electrons. The Morgan fingerprint density at radius 3 is 2.62 bits per heavy atom. The smallest absolute Gasteiger partial charge is 0.357 e. The minimum atomic E-state index is -1.03. The van der Waals surface area contributed by atoms with Crippen molar-refractivity contribution in [1.29, 1.82) is 0 Å². The van der Waals surface area contributed by atoms with Crippen LogP contribution in [0, 0.1) is 0 Å². The lowest BCUT2D eigenvalue weighted by atomic mass is 10.2. The number of hydrogen-bond acceptors (Lipinski definition) is 4. The molecule has 1 amide bonds. The summed E-state index contributed by atoms with van der Waals surface area (Å²) in [6.07, 6.45) is -1.03. The van der Waals surface area contributed by atoms with Gasteiger partial charge in [0.05, 0.1) is 16.2 Å². The van der Waals surface area contributed by atoms with Crippen molar-refractivity contribution in [3.63, 3.8) is 0 Å². The van der Waals surface area contributed by atoms with Crippen LogP contribution >= 0.6 is 23.2 Å². The van der Waals surface area contributed by atoms with Gasteiger partial charge in [-0.2, -0.15) is 0 Å². The third kappa shape index (κ3) is 4.12. The summed E-state index contributed by atoms with van der Waals surface area (Å²) in [5.41, 5.74) is 1.19. The molecule has 5 nitrogen and oxygen atoms in total. The van der Waals surface area contributed by atoms with Crippen LogP contribution in [0.25, 0.3) is 10.9 Å². The number of aromatic nitrogens is 1. The molecule has 0 aliphatic heterocycles. The lowest BCUT2D eigenvalue weighted by molar-refractivity contribution is -0.123. The molecule has 1 heterocycles. The van der Waals surface area contributed by atoms with E-state index in [-0.39, 0.29) is 5.69 Å². The van der Waals surface area contributed by atoms with Crippen LogP contribution in [0.15, 0.2) is 54.6 Å². The van der Waals surface area contributed by atoms with Gasteiger partial charge in [-0.3, -0.25) is 4.79 Å². The molecule has 1 N–H and O–H groups in total. The second-order valence-corrected chi connectivity index (χ2v) is 6.39. The van der Waals surface area contributed by atoms with Crippen molar-refractivity contribution in [1.82, 2.24) is 4.98 Å². The highest BCUT2D eigenvalue weighted by Gasteiger charge is 2.20. The molecular weight excluding hydrogens is 375 g/mol. The fourth-order valence-electron chi connectivity index (χ4n) is 2.28. The standard InChI is InChI=1S/C19H14Cl2N2O3/c1-11(18(24)23-16-9-7-13(20)10-14(16)21)26-19(25)17-8-6-12-4-2-3-5-15(12)22-17/h2-11H,1H3,(H,23,24). The Labute approximate surface area is 159 Å². The lowest BCUT2D eigenvalue weighted by Gasteiger charge is -2.14. The highest BCUT2D eigenvalue weighted by Crippen LogP contribution is 2.25. The number of halogens is 2. The van der Waals surface area contributed by atoms with E-state index in [4.69, 9.17) is 27.9 Å². The molecule has 0 bridgehead atoms. The van der Waals surface area contributed by atoms with Crippen LogP contribution in [0.1, 0.15) is 17.4 Å². The number of carbonyl (C=O) groups is 2. The highest BCUT2D eigenvalue weighted by molar-refractivity contribution is 6.36. The van der Waals surface area contributed by atoms with E-state index in [2.05, 4.69) is 10.3 Å². The van der Waals surface area contributed by atoms with Crippen molar-refractivity contribution in [2.24, 2.45) is 0 Å². The van der Waals surface area contributed by atoms with Gasteiger partial charge in [-0.15, -0.1) is 0 Å². The van der Waals surface area contributed by atoms with Crippen LogP contribution in [0.3, 0.4) is 0 Å². The van der Waals surface area contributed by atoms with Gasteiger partial charge in [-0.05, 0) is 37.3 Å². The van der Waals surface area contributed by atoms with E-state index in [0.717, 1.165) is 5.39 Å². The second kappa shape index (κ2) is 7.72. The summed E-state index contributed by atoms with van der Waals surface area (Å²) in [6.45, 7) is 1.47. The van der Waals surface area contributed by atoms with Crippen LogP contribution < -0.4 is 5.32 Å². The number of nitrogens with zero attached hydrogens (tertiary/aromatic N) is 1. The monoisotopic (exact) mass is 388 g/mol. The number of anilines is 1. The topological polar surface area (TPSA) is 68.3 Å². The van der Waals surface area contributed by atoms with Gasteiger partial charge < -0.3 is 10.1 Å². The van der Waals surface area contributed by atoms with Crippen molar-refractivity contribution >= 4 is 51.7 Å². The van der Waals surface area contributed by atoms with Gasteiger partial charge in [0, 0.05) is 10.4 Å². The number of rotatable bonds is 4. The minimum Gasteiger partial charge on any atom is -0.448 e. The van der Waals surface area contributed by atoms with Crippen molar-refractivity contribution in [2.75, 3.05) is 5.32 Å². The Morgan fingerprint density at radius 1 is 1.08 bits per heavy atom. The van der Waals surface area contributed by atoms with Gasteiger partial charge in [-0.25, -0.2) is 9.78 Å². The highest BCUT2D eigenvalue weighted by atomic mass is 35.5. The second-order valence-electron chi connectivity index (χ2n) is 5.55. The molecule has 0 spiro atoms. The third-order valence-corrected chi connectivity index (χ3v) is 4.20. The largest absolute Gasteiger partial charge is 0.448 e. The Kier molecular flexibility index (Phi) is 5.40. The van der Waals surface area contributed by atoms with Crippen molar-refractivity contribution < 1.29 is 14.3 Å². The van der Waals surface area contributed by atoms with E-state index in [1.54, 1.807) is 30.3 Å². The normalized spacial score (nSPS) is 11.8. The first-order valence-corrected chi connectivity index (χ1v) is 8.52. The number of esters is 1. The summed E-state index contributed by atoms with van der Waals surface area (Å²) < 4.78 is 5.20. The van der Waals surface area contributed by atoms with Crippen molar-refractivity contribution in [3.8, 4) is 0 Å². The number of benzene rings is 2. The van der Waals surface area contributed by atoms with E-state index in [0.29, 0.717) is 21.2 Å². The van der Waals surface area contributed by atoms with Gasteiger partial charge in [0.25, 0.3) is 5.91 Å². The van der Waals surface area contributed by atoms with Gasteiger partial charge in [0.2, 0.25) is 0 Å². The maximum atomic E-state index is 12.3. The summed E-state index contributed by atoms with van der Waals surface area (Å²) in [5, 5.41) is 4.25. The molecule has 0 aliphatic rings. The number of nitrogens with one attached hydrogen (secondary N) is 1. The average Bonchev–Trinajstić information content (AvgIpc) is 2.63. The third-order valence-electron chi connectivity index (χ3n) is 3.65. The first kappa shape index (κ1) is 18.2. The minimum absolute atomic E-state index is 0.132. The number of carbonyl (C=O) groups excluding carboxylic acids is 2. The van der Waals surface area contributed by atoms with Gasteiger partial charge in [0.1, 0.15) is 5.69 Å². The van der Waals surface area contributed by atoms with E-state index in [1.807, 2.05) is 18.2 Å². The summed E-state index contributed by atoms with van der Waals surface area (Å²) >= 11 is 11.8. The van der Waals surface area contributed by atoms with Gasteiger partial charge in [-0.1, -0.05) is 47.5 Å². The Bertz CT molecular complexity index is 991. The summed E-state index contributed by atoms with van der Waals surface area (Å²) in [4.78, 5) is 28.7. The molecule has 0 radical (unpaired) electrons. The number of hydrogen-bond donors (Lipinski definition) is 1. The molecule has 3 rings (SSSR count). The summed E-state index contributed by atoms with van der Waals surface area (Å²) in [6, 6.07) is 15.4. The zero-order chi connectivity index (χ0) is 18.7. The Morgan fingerprint density at radius 2 is 1.85 bits per heavy atom. The molecule has 0 aliphatic carbocycles. The van der Waals surface area contributed by atoms with E-state index >= 15 is 0 Å². The molecule has 0 saturated carbocycles. The molecule has 26 heavy (non-hydrogen) atoms.